The average molecular weight is 253 g/mol. The third kappa shape index (κ3) is 4.93. The fraction of sp³-hybridized carbons (Fsp3) is 0.929. The average Bonchev–Trinajstić information content (AvgIpc) is 2.44. The van der Waals surface area contributed by atoms with Gasteiger partial charge in [-0.05, 0) is 38.8 Å². The van der Waals surface area contributed by atoms with Gasteiger partial charge in [-0.15, -0.1) is 0 Å². The topological polar surface area (TPSA) is 48.3 Å². The first-order valence-corrected chi connectivity index (χ1v) is 7.22. The van der Waals surface area contributed by atoms with Crippen LogP contribution in [0.2, 0.25) is 0 Å². The normalized spacial score (nSPS) is 20.3. The van der Waals surface area contributed by atoms with Crippen molar-refractivity contribution in [3.05, 3.63) is 0 Å². The van der Waals surface area contributed by atoms with E-state index in [0.717, 1.165) is 65.1 Å². The van der Waals surface area contributed by atoms with Gasteiger partial charge in [0.05, 0.1) is 19.3 Å². The van der Waals surface area contributed by atoms with Gasteiger partial charge in [-0.2, -0.15) is 5.26 Å². The van der Waals surface area contributed by atoms with E-state index in [0.29, 0.717) is 0 Å². The number of nitrogens with one attached hydrogen (secondary N) is 1. The molecule has 0 amide bonds. The summed E-state index contributed by atoms with van der Waals surface area (Å²) >= 11 is 0. The molecular formula is C14H27N3O. The van der Waals surface area contributed by atoms with Crippen molar-refractivity contribution < 1.29 is 4.74 Å². The Morgan fingerprint density at radius 1 is 1.33 bits per heavy atom. The highest BCUT2D eigenvalue weighted by Gasteiger charge is 2.26. The van der Waals surface area contributed by atoms with E-state index in [1.54, 1.807) is 0 Å². The summed E-state index contributed by atoms with van der Waals surface area (Å²) in [6.45, 7) is 10.0. The van der Waals surface area contributed by atoms with Gasteiger partial charge in [0.25, 0.3) is 0 Å². The molecule has 0 aromatic heterocycles. The van der Waals surface area contributed by atoms with Gasteiger partial charge in [-0.3, -0.25) is 10.2 Å². The van der Waals surface area contributed by atoms with Crippen LogP contribution in [0.4, 0.5) is 0 Å². The summed E-state index contributed by atoms with van der Waals surface area (Å²) in [5.74, 6) is 0. The molecule has 104 valence electrons. The van der Waals surface area contributed by atoms with Gasteiger partial charge < -0.3 is 4.74 Å². The van der Waals surface area contributed by atoms with Gasteiger partial charge in [-0.25, -0.2) is 0 Å². The number of morpholine rings is 1. The van der Waals surface area contributed by atoms with E-state index < -0.39 is 0 Å². The van der Waals surface area contributed by atoms with Crippen LogP contribution in [0.3, 0.4) is 0 Å². The molecule has 0 aromatic carbocycles. The Hall–Kier alpha value is -0.630. The van der Waals surface area contributed by atoms with Crippen molar-refractivity contribution >= 4 is 0 Å². The molecule has 4 nitrogen and oxygen atoms in total. The smallest absolute Gasteiger partial charge is 0.106 e. The summed E-state index contributed by atoms with van der Waals surface area (Å²) in [7, 11) is 0. The Bertz CT molecular complexity index is 258. The molecule has 1 unspecified atom stereocenters. The van der Waals surface area contributed by atoms with E-state index in [-0.39, 0.29) is 5.54 Å². The van der Waals surface area contributed by atoms with Gasteiger partial charge in [0, 0.05) is 13.1 Å². The first-order valence-electron chi connectivity index (χ1n) is 7.22. The van der Waals surface area contributed by atoms with Crippen LogP contribution in [0.5, 0.6) is 0 Å². The van der Waals surface area contributed by atoms with Crippen LogP contribution in [0, 0.1) is 11.3 Å². The molecule has 1 heterocycles. The van der Waals surface area contributed by atoms with Crippen LogP contribution in [0.1, 0.15) is 39.5 Å². The second-order valence-corrected chi connectivity index (χ2v) is 5.03. The van der Waals surface area contributed by atoms with Crippen molar-refractivity contribution in [2.24, 2.45) is 0 Å². The van der Waals surface area contributed by atoms with E-state index in [2.05, 4.69) is 30.1 Å². The van der Waals surface area contributed by atoms with Crippen molar-refractivity contribution in [2.75, 3.05) is 39.4 Å². The Morgan fingerprint density at radius 2 is 2.06 bits per heavy atom. The zero-order valence-corrected chi connectivity index (χ0v) is 11.9. The second kappa shape index (κ2) is 8.47. The summed E-state index contributed by atoms with van der Waals surface area (Å²) < 4.78 is 5.34. The van der Waals surface area contributed by atoms with E-state index in [1.165, 1.54) is 0 Å². The Balaban J connectivity index is 2.30. The van der Waals surface area contributed by atoms with Crippen molar-refractivity contribution in [2.45, 2.75) is 45.1 Å². The Morgan fingerprint density at radius 3 is 2.61 bits per heavy atom. The first kappa shape index (κ1) is 15.4. The number of hydrogen-bond donors (Lipinski definition) is 1. The molecule has 1 atom stereocenters. The van der Waals surface area contributed by atoms with Gasteiger partial charge in [-0.1, -0.05) is 13.8 Å². The molecule has 1 rings (SSSR count). The predicted octanol–water partition coefficient (Wildman–Crippen LogP) is 1.77. The van der Waals surface area contributed by atoms with Crippen molar-refractivity contribution in [3.8, 4) is 6.07 Å². The maximum absolute atomic E-state index is 9.39. The lowest BCUT2D eigenvalue weighted by atomic mass is 9.91. The monoisotopic (exact) mass is 253 g/mol. The molecule has 0 spiro atoms. The van der Waals surface area contributed by atoms with Crippen LogP contribution in [-0.2, 0) is 4.74 Å². The SMILES string of the molecule is CCCNC(C#N)(CC)CCCN1CCOCC1. The highest BCUT2D eigenvalue weighted by atomic mass is 16.5. The Labute approximate surface area is 111 Å². The maximum Gasteiger partial charge on any atom is 0.106 e. The van der Waals surface area contributed by atoms with Gasteiger partial charge in [0.2, 0.25) is 0 Å². The van der Waals surface area contributed by atoms with E-state index in [1.807, 2.05) is 0 Å². The van der Waals surface area contributed by atoms with Gasteiger partial charge >= 0.3 is 0 Å². The van der Waals surface area contributed by atoms with E-state index in [9.17, 15) is 5.26 Å². The Kier molecular flexibility index (Phi) is 7.26. The zero-order chi connectivity index (χ0) is 13.3. The minimum Gasteiger partial charge on any atom is -0.379 e. The molecule has 18 heavy (non-hydrogen) atoms. The van der Waals surface area contributed by atoms with Crippen molar-refractivity contribution in [1.29, 1.82) is 5.26 Å². The molecule has 0 saturated carbocycles. The highest BCUT2D eigenvalue weighted by molar-refractivity contribution is 5.06. The third-order valence-corrected chi connectivity index (χ3v) is 3.71. The van der Waals surface area contributed by atoms with Crippen LogP contribution in [-0.4, -0.2) is 49.8 Å². The van der Waals surface area contributed by atoms with Crippen LogP contribution >= 0.6 is 0 Å². The number of rotatable bonds is 8. The lowest BCUT2D eigenvalue weighted by Gasteiger charge is -2.30. The molecule has 0 bridgehead atoms. The van der Waals surface area contributed by atoms with E-state index in [4.69, 9.17) is 4.74 Å². The predicted molar refractivity (Wildman–Crippen MR) is 73.4 cm³/mol. The molecule has 1 N–H and O–H groups in total. The van der Waals surface area contributed by atoms with Crippen molar-refractivity contribution in [3.63, 3.8) is 0 Å². The summed E-state index contributed by atoms with van der Waals surface area (Å²) in [5.41, 5.74) is -0.317. The minimum atomic E-state index is -0.317. The number of ether oxygens (including phenoxy) is 1. The third-order valence-electron chi connectivity index (χ3n) is 3.71. The summed E-state index contributed by atoms with van der Waals surface area (Å²) in [5, 5.41) is 12.8. The van der Waals surface area contributed by atoms with Crippen LogP contribution < -0.4 is 5.32 Å². The molecule has 0 aliphatic carbocycles. The number of hydrogen-bond acceptors (Lipinski definition) is 4. The molecule has 0 radical (unpaired) electrons. The zero-order valence-electron chi connectivity index (χ0n) is 11.9. The quantitative estimate of drug-likeness (QED) is 0.716. The fourth-order valence-corrected chi connectivity index (χ4v) is 2.36. The minimum absolute atomic E-state index is 0.317. The van der Waals surface area contributed by atoms with Crippen LogP contribution in [0.25, 0.3) is 0 Å². The first-order chi connectivity index (χ1) is 8.76. The van der Waals surface area contributed by atoms with Crippen LogP contribution in [0.15, 0.2) is 0 Å². The highest BCUT2D eigenvalue weighted by Crippen LogP contribution is 2.17. The molecular weight excluding hydrogens is 226 g/mol. The molecule has 1 aliphatic heterocycles. The van der Waals surface area contributed by atoms with Gasteiger partial charge in [0.15, 0.2) is 0 Å². The van der Waals surface area contributed by atoms with Gasteiger partial charge in [0.1, 0.15) is 5.54 Å². The fourth-order valence-electron chi connectivity index (χ4n) is 2.36. The molecule has 1 aliphatic rings. The summed E-state index contributed by atoms with van der Waals surface area (Å²) in [4.78, 5) is 2.43. The standard InChI is InChI=1S/C14H27N3O/c1-3-7-16-14(4-2,13-15)6-5-8-17-9-11-18-12-10-17/h16H,3-12H2,1-2H3. The molecule has 4 heteroatoms. The van der Waals surface area contributed by atoms with Crippen molar-refractivity contribution in [1.82, 2.24) is 10.2 Å². The number of nitriles is 1. The lowest BCUT2D eigenvalue weighted by Crippen LogP contribution is -2.45. The number of nitrogens with zero attached hydrogens (tertiary/aromatic N) is 2. The lowest BCUT2D eigenvalue weighted by molar-refractivity contribution is 0.0365. The maximum atomic E-state index is 9.39. The summed E-state index contributed by atoms with van der Waals surface area (Å²) in [6, 6.07) is 2.48. The summed E-state index contributed by atoms with van der Waals surface area (Å²) in [6.07, 6.45) is 3.98. The molecule has 1 fully saturated rings. The largest absolute Gasteiger partial charge is 0.379 e. The molecule has 0 aromatic rings. The molecule has 1 saturated heterocycles. The van der Waals surface area contributed by atoms with E-state index >= 15 is 0 Å². The second-order valence-electron chi connectivity index (χ2n) is 5.03.